The molecule has 0 radical (unpaired) electrons. The third-order valence-electron chi connectivity index (χ3n) is 3.28. The Labute approximate surface area is 90.0 Å². The molecule has 15 heavy (non-hydrogen) atoms. The van der Waals surface area contributed by atoms with Gasteiger partial charge < -0.3 is 15.2 Å². The highest BCUT2D eigenvalue weighted by Gasteiger charge is 2.29. The van der Waals surface area contributed by atoms with Gasteiger partial charge in [0, 0.05) is 6.61 Å². The summed E-state index contributed by atoms with van der Waals surface area (Å²) in [6.45, 7) is 0.686. The summed E-state index contributed by atoms with van der Waals surface area (Å²) in [5, 5.41) is 12.6. The highest BCUT2D eigenvalue weighted by molar-refractivity contribution is 5.81. The molecule has 2 N–H and O–H groups in total. The molecule has 0 aromatic heterocycles. The topological polar surface area (TPSA) is 58.6 Å². The minimum atomic E-state index is -0.371. The first-order valence-electron chi connectivity index (χ1n) is 5.87. The van der Waals surface area contributed by atoms with Crippen molar-refractivity contribution in [3.05, 3.63) is 0 Å². The van der Waals surface area contributed by atoms with E-state index in [2.05, 4.69) is 5.32 Å². The number of hydrogen-bond donors (Lipinski definition) is 2. The summed E-state index contributed by atoms with van der Waals surface area (Å²) in [4.78, 5) is 11.7. The Bertz CT molecular complexity index is 226. The van der Waals surface area contributed by atoms with Gasteiger partial charge in [0.25, 0.3) is 0 Å². The van der Waals surface area contributed by atoms with Crippen LogP contribution in [0.3, 0.4) is 0 Å². The molecule has 1 saturated carbocycles. The number of aliphatic hydroxyl groups is 1. The number of amides is 1. The number of carbonyl (C=O) groups excluding carboxylic acids is 1. The number of hydrogen-bond acceptors (Lipinski definition) is 3. The van der Waals surface area contributed by atoms with E-state index in [-0.39, 0.29) is 24.2 Å². The lowest BCUT2D eigenvalue weighted by Gasteiger charge is -2.29. The summed E-state index contributed by atoms with van der Waals surface area (Å²) in [5.41, 5.74) is 0. The fourth-order valence-electron chi connectivity index (χ4n) is 2.34. The van der Waals surface area contributed by atoms with Crippen molar-refractivity contribution in [2.75, 3.05) is 6.61 Å². The Hall–Kier alpha value is -0.610. The number of nitrogens with one attached hydrogen (secondary N) is 1. The van der Waals surface area contributed by atoms with E-state index in [9.17, 15) is 9.90 Å². The lowest BCUT2D eigenvalue weighted by Crippen LogP contribution is -2.48. The lowest BCUT2D eigenvalue weighted by atomic mass is 9.92. The maximum atomic E-state index is 11.7. The van der Waals surface area contributed by atoms with Crippen LogP contribution in [0.4, 0.5) is 0 Å². The number of carbonyl (C=O) groups is 1. The van der Waals surface area contributed by atoms with E-state index in [1.54, 1.807) is 0 Å². The molecule has 0 bridgehead atoms. The molecular weight excluding hydrogens is 194 g/mol. The predicted molar refractivity (Wildman–Crippen MR) is 55.4 cm³/mol. The van der Waals surface area contributed by atoms with Crippen molar-refractivity contribution in [2.24, 2.45) is 0 Å². The average Bonchev–Trinajstić information content (AvgIpc) is 2.74. The molecule has 1 amide bonds. The minimum absolute atomic E-state index is 0.0431. The van der Waals surface area contributed by atoms with Gasteiger partial charge in [-0.25, -0.2) is 0 Å². The van der Waals surface area contributed by atoms with Gasteiger partial charge >= 0.3 is 0 Å². The molecule has 1 heterocycles. The molecule has 4 heteroatoms. The predicted octanol–water partition coefficient (Wildman–Crippen LogP) is 0.585. The first-order chi connectivity index (χ1) is 7.27. The standard InChI is InChI=1S/C11H19NO3/c13-9-5-2-1-4-8(9)12-11(14)10-6-3-7-15-10/h8-10,13H,1-7H2,(H,12,14)/t8-,9-,10+/m1/s1. The third kappa shape index (κ3) is 2.69. The van der Waals surface area contributed by atoms with Crippen LogP contribution in [0, 0.1) is 0 Å². The van der Waals surface area contributed by atoms with Crippen LogP contribution in [0.25, 0.3) is 0 Å². The van der Waals surface area contributed by atoms with Crippen molar-refractivity contribution in [3.63, 3.8) is 0 Å². The summed E-state index contributed by atoms with van der Waals surface area (Å²) in [7, 11) is 0. The molecule has 2 rings (SSSR count). The van der Waals surface area contributed by atoms with Gasteiger partial charge in [-0.1, -0.05) is 12.8 Å². The summed E-state index contributed by atoms with van der Waals surface area (Å²) in [6.07, 6.45) is 4.97. The van der Waals surface area contributed by atoms with Gasteiger partial charge in [-0.2, -0.15) is 0 Å². The van der Waals surface area contributed by atoms with Gasteiger partial charge in [0.15, 0.2) is 0 Å². The van der Waals surface area contributed by atoms with Crippen LogP contribution in [0.5, 0.6) is 0 Å². The van der Waals surface area contributed by atoms with E-state index in [4.69, 9.17) is 4.74 Å². The van der Waals surface area contributed by atoms with Gasteiger partial charge in [0.2, 0.25) is 5.91 Å². The molecule has 86 valence electrons. The molecule has 0 spiro atoms. The molecule has 2 fully saturated rings. The SMILES string of the molecule is O=C(N[C@@H]1CCCC[C@H]1O)[C@@H]1CCCO1. The van der Waals surface area contributed by atoms with Gasteiger partial charge in [-0.3, -0.25) is 4.79 Å². The van der Waals surface area contributed by atoms with E-state index in [1.807, 2.05) is 0 Å². The number of aliphatic hydroxyl groups excluding tert-OH is 1. The smallest absolute Gasteiger partial charge is 0.249 e. The fourth-order valence-corrected chi connectivity index (χ4v) is 2.34. The highest BCUT2D eigenvalue weighted by Crippen LogP contribution is 2.19. The molecular formula is C11H19NO3. The Morgan fingerprint density at radius 1 is 1.20 bits per heavy atom. The van der Waals surface area contributed by atoms with Crippen molar-refractivity contribution >= 4 is 5.91 Å². The second-order valence-electron chi connectivity index (χ2n) is 4.47. The van der Waals surface area contributed by atoms with Crippen molar-refractivity contribution < 1.29 is 14.6 Å². The first-order valence-corrected chi connectivity index (χ1v) is 5.87. The van der Waals surface area contributed by atoms with E-state index in [0.717, 1.165) is 38.5 Å². The minimum Gasteiger partial charge on any atom is -0.391 e. The van der Waals surface area contributed by atoms with Crippen LogP contribution in [-0.2, 0) is 9.53 Å². The second-order valence-corrected chi connectivity index (χ2v) is 4.47. The van der Waals surface area contributed by atoms with Crippen molar-refractivity contribution in [2.45, 2.75) is 56.8 Å². The fraction of sp³-hybridized carbons (Fsp3) is 0.909. The van der Waals surface area contributed by atoms with E-state index >= 15 is 0 Å². The van der Waals surface area contributed by atoms with Crippen molar-refractivity contribution in [1.29, 1.82) is 0 Å². The molecule has 2 aliphatic rings. The van der Waals surface area contributed by atoms with E-state index < -0.39 is 0 Å². The maximum Gasteiger partial charge on any atom is 0.249 e. The third-order valence-corrected chi connectivity index (χ3v) is 3.28. The van der Waals surface area contributed by atoms with Crippen LogP contribution in [0.15, 0.2) is 0 Å². The summed E-state index contributed by atoms with van der Waals surface area (Å²) < 4.78 is 5.30. The van der Waals surface area contributed by atoms with Crippen LogP contribution in [0.2, 0.25) is 0 Å². The molecule has 1 aliphatic heterocycles. The van der Waals surface area contributed by atoms with Gasteiger partial charge in [-0.15, -0.1) is 0 Å². The molecule has 0 unspecified atom stereocenters. The zero-order valence-corrected chi connectivity index (χ0v) is 8.95. The van der Waals surface area contributed by atoms with Crippen LogP contribution in [0.1, 0.15) is 38.5 Å². The van der Waals surface area contributed by atoms with Crippen molar-refractivity contribution in [3.8, 4) is 0 Å². The van der Waals surface area contributed by atoms with Crippen LogP contribution >= 0.6 is 0 Å². The largest absolute Gasteiger partial charge is 0.391 e. The Morgan fingerprint density at radius 2 is 2.00 bits per heavy atom. The maximum absolute atomic E-state index is 11.7. The summed E-state index contributed by atoms with van der Waals surface area (Å²) >= 11 is 0. The molecule has 0 aromatic rings. The quantitative estimate of drug-likeness (QED) is 0.705. The zero-order valence-electron chi connectivity index (χ0n) is 8.95. The first kappa shape index (κ1) is 10.9. The molecule has 3 atom stereocenters. The summed E-state index contributed by atoms with van der Waals surface area (Å²) in [6, 6.07) is -0.0598. The number of ether oxygens (including phenoxy) is 1. The van der Waals surface area contributed by atoms with Crippen molar-refractivity contribution in [1.82, 2.24) is 5.32 Å². The van der Waals surface area contributed by atoms with E-state index in [0.29, 0.717) is 6.61 Å². The highest BCUT2D eigenvalue weighted by atomic mass is 16.5. The molecule has 0 aromatic carbocycles. The van der Waals surface area contributed by atoms with E-state index in [1.165, 1.54) is 0 Å². The Morgan fingerprint density at radius 3 is 2.67 bits per heavy atom. The lowest BCUT2D eigenvalue weighted by molar-refractivity contribution is -0.132. The normalized spacial score (nSPS) is 36.5. The van der Waals surface area contributed by atoms with Crippen LogP contribution in [-0.4, -0.2) is 35.9 Å². The second kappa shape index (κ2) is 4.94. The van der Waals surface area contributed by atoms with Crippen LogP contribution < -0.4 is 5.32 Å². The monoisotopic (exact) mass is 213 g/mol. The van der Waals surface area contributed by atoms with Gasteiger partial charge in [-0.05, 0) is 25.7 Å². The molecule has 1 saturated heterocycles. The van der Waals surface area contributed by atoms with Gasteiger partial charge in [0.1, 0.15) is 6.10 Å². The Balaban J connectivity index is 1.81. The molecule has 4 nitrogen and oxygen atoms in total. The van der Waals surface area contributed by atoms with Gasteiger partial charge in [0.05, 0.1) is 12.1 Å². The molecule has 1 aliphatic carbocycles. The number of rotatable bonds is 2. The average molecular weight is 213 g/mol. The zero-order chi connectivity index (χ0) is 10.7. The Kier molecular flexibility index (Phi) is 3.59. The summed E-state index contributed by atoms with van der Waals surface area (Å²) in [5.74, 6) is -0.0431.